The minimum Gasteiger partial charge on any atom is -0.474 e. The molecule has 1 N–H and O–H groups in total. The van der Waals surface area contributed by atoms with Crippen LogP contribution in [0, 0.1) is 13.8 Å². The molecule has 0 amide bonds. The summed E-state index contributed by atoms with van der Waals surface area (Å²) in [6.07, 6.45) is 8.71. The van der Waals surface area contributed by atoms with Crippen LogP contribution < -0.4 is 15.0 Å². The Hall–Kier alpha value is -3.22. The summed E-state index contributed by atoms with van der Waals surface area (Å²) in [6.45, 7) is 8.61. The van der Waals surface area contributed by atoms with E-state index >= 15 is 0 Å². The predicted octanol–water partition coefficient (Wildman–Crippen LogP) is 4.11. The smallest absolute Gasteiger partial charge is 0.225 e. The monoisotopic (exact) mass is 418 g/mol. The third kappa shape index (κ3) is 5.48. The van der Waals surface area contributed by atoms with Gasteiger partial charge in [0.2, 0.25) is 11.8 Å². The third-order valence-corrected chi connectivity index (χ3v) is 5.62. The van der Waals surface area contributed by atoms with Gasteiger partial charge < -0.3 is 15.0 Å². The SMILES string of the molecule is CCc1cnc(N2CCC(Oc3ccc(CNc4ccc(C)nc4C)cn3)CC2)nc1. The Balaban J connectivity index is 1.25. The first-order valence-corrected chi connectivity index (χ1v) is 11.0. The first-order chi connectivity index (χ1) is 15.1. The molecule has 0 unspecified atom stereocenters. The van der Waals surface area contributed by atoms with Crippen molar-refractivity contribution >= 4 is 11.6 Å². The molecule has 0 radical (unpaired) electrons. The molecule has 3 aromatic heterocycles. The first-order valence-electron chi connectivity index (χ1n) is 11.0. The van der Waals surface area contributed by atoms with Crippen molar-refractivity contribution in [3.8, 4) is 5.88 Å². The Bertz CT molecular complexity index is 982. The van der Waals surface area contributed by atoms with Crippen LogP contribution >= 0.6 is 0 Å². The van der Waals surface area contributed by atoms with Crippen molar-refractivity contribution in [3.05, 3.63) is 65.4 Å². The number of anilines is 2. The fraction of sp³-hybridized carbons (Fsp3) is 0.417. The van der Waals surface area contributed by atoms with Gasteiger partial charge in [0.1, 0.15) is 6.10 Å². The van der Waals surface area contributed by atoms with Crippen LogP contribution in [0.2, 0.25) is 0 Å². The zero-order chi connectivity index (χ0) is 21.6. The Labute approximate surface area is 183 Å². The van der Waals surface area contributed by atoms with E-state index in [1.54, 1.807) is 0 Å². The summed E-state index contributed by atoms with van der Waals surface area (Å²) in [5.41, 5.74) is 5.35. The summed E-state index contributed by atoms with van der Waals surface area (Å²) in [6, 6.07) is 8.10. The molecule has 1 aliphatic rings. The molecule has 4 heterocycles. The quantitative estimate of drug-likeness (QED) is 0.619. The Kier molecular flexibility index (Phi) is 6.60. The molecular formula is C24H30N6O. The highest BCUT2D eigenvalue weighted by molar-refractivity contribution is 5.48. The second kappa shape index (κ2) is 9.73. The molecular weight excluding hydrogens is 388 g/mol. The van der Waals surface area contributed by atoms with Gasteiger partial charge in [-0.2, -0.15) is 0 Å². The maximum absolute atomic E-state index is 6.12. The number of pyridine rings is 2. The maximum atomic E-state index is 6.12. The molecule has 7 heteroatoms. The zero-order valence-electron chi connectivity index (χ0n) is 18.5. The van der Waals surface area contributed by atoms with E-state index in [0.29, 0.717) is 12.4 Å². The van der Waals surface area contributed by atoms with Crippen LogP contribution in [0.4, 0.5) is 11.6 Å². The Morgan fingerprint density at radius 3 is 2.35 bits per heavy atom. The highest BCUT2D eigenvalue weighted by Crippen LogP contribution is 2.21. The van der Waals surface area contributed by atoms with Gasteiger partial charge in [0.05, 0.1) is 11.4 Å². The van der Waals surface area contributed by atoms with Crippen LogP contribution in [0.15, 0.2) is 42.9 Å². The van der Waals surface area contributed by atoms with E-state index in [0.717, 1.165) is 66.5 Å². The Morgan fingerprint density at radius 1 is 0.968 bits per heavy atom. The molecule has 162 valence electrons. The second-order valence-electron chi connectivity index (χ2n) is 7.99. The average molecular weight is 419 g/mol. The van der Waals surface area contributed by atoms with E-state index in [1.807, 2.05) is 44.6 Å². The lowest BCUT2D eigenvalue weighted by atomic mass is 10.1. The van der Waals surface area contributed by atoms with Crippen molar-refractivity contribution in [2.45, 2.75) is 52.7 Å². The number of hydrogen-bond acceptors (Lipinski definition) is 7. The van der Waals surface area contributed by atoms with Gasteiger partial charge in [-0.3, -0.25) is 4.98 Å². The third-order valence-electron chi connectivity index (χ3n) is 5.62. The topological polar surface area (TPSA) is 76.1 Å². The summed E-state index contributed by atoms with van der Waals surface area (Å²) >= 11 is 0. The van der Waals surface area contributed by atoms with Gasteiger partial charge in [-0.25, -0.2) is 15.0 Å². The lowest BCUT2D eigenvalue weighted by Crippen LogP contribution is -2.39. The molecule has 0 bridgehead atoms. The maximum Gasteiger partial charge on any atom is 0.225 e. The van der Waals surface area contributed by atoms with E-state index in [9.17, 15) is 0 Å². The summed E-state index contributed by atoms with van der Waals surface area (Å²) in [5.74, 6) is 1.49. The summed E-state index contributed by atoms with van der Waals surface area (Å²) < 4.78 is 6.12. The van der Waals surface area contributed by atoms with Gasteiger partial charge in [-0.05, 0) is 43.5 Å². The highest BCUT2D eigenvalue weighted by Gasteiger charge is 2.22. The normalized spacial score (nSPS) is 14.5. The van der Waals surface area contributed by atoms with Crippen molar-refractivity contribution in [3.63, 3.8) is 0 Å². The lowest BCUT2D eigenvalue weighted by molar-refractivity contribution is 0.163. The number of nitrogens with zero attached hydrogens (tertiary/aromatic N) is 5. The fourth-order valence-corrected chi connectivity index (χ4v) is 3.69. The molecule has 4 rings (SSSR count). The number of rotatable bonds is 7. The van der Waals surface area contributed by atoms with Gasteiger partial charge >= 0.3 is 0 Å². The van der Waals surface area contributed by atoms with E-state index in [2.05, 4.69) is 49.2 Å². The average Bonchev–Trinajstić information content (AvgIpc) is 2.80. The van der Waals surface area contributed by atoms with Gasteiger partial charge in [0, 0.05) is 62.8 Å². The van der Waals surface area contributed by atoms with Crippen LogP contribution in [0.25, 0.3) is 0 Å². The number of hydrogen-bond donors (Lipinski definition) is 1. The number of piperidine rings is 1. The van der Waals surface area contributed by atoms with E-state index in [1.165, 1.54) is 0 Å². The molecule has 0 spiro atoms. The number of ether oxygens (including phenoxy) is 1. The van der Waals surface area contributed by atoms with Crippen LogP contribution in [0.3, 0.4) is 0 Å². The summed E-state index contributed by atoms with van der Waals surface area (Å²) in [4.78, 5) is 20.2. The zero-order valence-corrected chi connectivity index (χ0v) is 18.5. The summed E-state index contributed by atoms with van der Waals surface area (Å²) in [5, 5.41) is 3.42. The molecule has 3 aromatic rings. The fourth-order valence-electron chi connectivity index (χ4n) is 3.69. The van der Waals surface area contributed by atoms with E-state index in [-0.39, 0.29) is 6.10 Å². The van der Waals surface area contributed by atoms with Crippen molar-refractivity contribution in [1.29, 1.82) is 0 Å². The summed E-state index contributed by atoms with van der Waals surface area (Å²) in [7, 11) is 0. The number of aryl methyl sites for hydroxylation is 3. The molecule has 1 aliphatic heterocycles. The van der Waals surface area contributed by atoms with Crippen molar-refractivity contribution in [1.82, 2.24) is 19.9 Å². The van der Waals surface area contributed by atoms with Crippen molar-refractivity contribution in [2.24, 2.45) is 0 Å². The minimum atomic E-state index is 0.170. The molecule has 0 saturated carbocycles. The van der Waals surface area contributed by atoms with Crippen LogP contribution in [0.5, 0.6) is 5.88 Å². The molecule has 0 atom stereocenters. The predicted molar refractivity (Wildman–Crippen MR) is 123 cm³/mol. The molecule has 7 nitrogen and oxygen atoms in total. The van der Waals surface area contributed by atoms with Crippen LogP contribution in [-0.4, -0.2) is 39.1 Å². The second-order valence-corrected chi connectivity index (χ2v) is 7.99. The molecule has 31 heavy (non-hydrogen) atoms. The van der Waals surface area contributed by atoms with Gasteiger partial charge in [0.25, 0.3) is 0 Å². The van der Waals surface area contributed by atoms with Crippen LogP contribution in [0.1, 0.15) is 42.3 Å². The minimum absolute atomic E-state index is 0.170. The lowest BCUT2D eigenvalue weighted by Gasteiger charge is -2.31. The molecule has 1 saturated heterocycles. The van der Waals surface area contributed by atoms with E-state index < -0.39 is 0 Å². The van der Waals surface area contributed by atoms with Crippen molar-refractivity contribution in [2.75, 3.05) is 23.3 Å². The number of aromatic nitrogens is 4. The van der Waals surface area contributed by atoms with Gasteiger partial charge in [-0.15, -0.1) is 0 Å². The largest absolute Gasteiger partial charge is 0.474 e. The van der Waals surface area contributed by atoms with Crippen LogP contribution in [-0.2, 0) is 13.0 Å². The van der Waals surface area contributed by atoms with Gasteiger partial charge in [0.15, 0.2) is 0 Å². The Morgan fingerprint density at radius 2 is 1.71 bits per heavy atom. The van der Waals surface area contributed by atoms with Crippen molar-refractivity contribution < 1.29 is 4.74 Å². The molecule has 0 aromatic carbocycles. The first kappa shape index (κ1) is 21.0. The highest BCUT2D eigenvalue weighted by atomic mass is 16.5. The van der Waals surface area contributed by atoms with E-state index in [4.69, 9.17) is 4.74 Å². The molecule has 0 aliphatic carbocycles. The standard InChI is InChI=1S/C24H30N6O/c1-4-19-13-27-24(28-14-19)30-11-9-21(10-12-30)31-23-8-6-20(16-26-23)15-25-22-7-5-17(2)29-18(22)3/h5-8,13-14,16,21,25H,4,9-12,15H2,1-3H3. The molecule has 1 fully saturated rings. The van der Waals surface area contributed by atoms with Gasteiger partial charge in [-0.1, -0.05) is 13.0 Å². The number of nitrogens with one attached hydrogen (secondary N) is 1.